The van der Waals surface area contributed by atoms with Crippen LogP contribution in [0, 0.1) is 3.57 Å². The largest absolute Gasteiger partial charge is 0.481 e. The van der Waals surface area contributed by atoms with Gasteiger partial charge >= 0.3 is 0 Å². The number of carbonyl (C=O) groups excluding carboxylic acids is 1. The van der Waals surface area contributed by atoms with E-state index in [9.17, 15) is 4.79 Å². The summed E-state index contributed by atoms with van der Waals surface area (Å²) in [5, 5.41) is 2.88. The molecule has 2 aromatic rings. The zero-order valence-corrected chi connectivity index (χ0v) is 15.3. The van der Waals surface area contributed by atoms with Crippen molar-refractivity contribution >= 4 is 34.2 Å². The molecule has 0 heterocycles. The first kappa shape index (κ1) is 16.3. The van der Waals surface area contributed by atoms with Gasteiger partial charge < -0.3 is 10.1 Å². The van der Waals surface area contributed by atoms with Crippen molar-refractivity contribution in [2.24, 2.45) is 0 Å². The third-order valence-electron chi connectivity index (χ3n) is 4.11. The van der Waals surface area contributed by atoms with Crippen LogP contribution in [0.3, 0.4) is 0 Å². The Kier molecular flexibility index (Phi) is 5.20. The van der Waals surface area contributed by atoms with Gasteiger partial charge in [-0.05, 0) is 103 Å². The maximum Gasteiger partial charge on any atom is 0.265 e. The summed E-state index contributed by atoms with van der Waals surface area (Å²) in [6.07, 6.45) is 4.23. The second-order valence-corrected chi connectivity index (χ2v) is 7.14. The third kappa shape index (κ3) is 4.25. The molecule has 0 unspecified atom stereocenters. The molecule has 0 saturated carbocycles. The number of ether oxygens (including phenoxy) is 1. The second kappa shape index (κ2) is 7.34. The number of nitrogens with one attached hydrogen (secondary N) is 1. The minimum atomic E-state index is -0.532. The zero-order valence-electron chi connectivity index (χ0n) is 13.1. The minimum absolute atomic E-state index is 0.135. The lowest BCUT2D eigenvalue weighted by atomic mass is 9.92. The number of fused-ring (bicyclic) bond motifs is 1. The predicted octanol–water partition coefficient (Wildman–Crippen LogP) is 4.58. The van der Waals surface area contributed by atoms with Crippen molar-refractivity contribution in [2.75, 3.05) is 5.32 Å². The van der Waals surface area contributed by atoms with Gasteiger partial charge in [0.1, 0.15) is 5.75 Å². The Balaban J connectivity index is 1.62. The Hall–Kier alpha value is -1.56. The molecule has 3 rings (SSSR count). The van der Waals surface area contributed by atoms with Crippen molar-refractivity contribution in [2.45, 2.75) is 38.7 Å². The number of rotatable bonds is 4. The van der Waals surface area contributed by atoms with Gasteiger partial charge in [-0.25, -0.2) is 0 Å². The van der Waals surface area contributed by atoms with Crippen molar-refractivity contribution in [3.05, 3.63) is 57.2 Å². The fraction of sp³-hybridized carbons (Fsp3) is 0.316. The van der Waals surface area contributed by atoms with Crippen LogP contribution in [0.4, 0.5) is 5.69 Å². The van der Waals surface area contributed by atoms with Crippen LogP contribution in [-0.4, -0.2) is 12.0 Å². The smallest absolute Gasteiger partial charge is 0.265 e. The van der Waals surface area contributed by atoms with E-state index in [-0.39, 0.29) is 5.91 Å². The van der Waals surface area contributed by atoms with Crippen LogP contribution in [-0.2, 0) is 17.6 Å². The average molecular weight is 421 g/mol. The normalized spacial score (nSPS) is 14.7. The molecule has 23 heavy (non-hydrogen) atoms. The molecule has 4 heteroatoms. The molecule has 1 aliphatic rings. The number of hydrogen-bond donors (Lipinski definition) is 1. The molecule has 0 radical (unpaired) electrons. The Morgan fingerprint density at radius 3 is 2.52 bits per heavy atom. The highest BCUT2D eigenvalue weighted by molar-refractivity contribution is 14.1. The number of halogens is 1. The van der Waals surface area contributed by atoms with Gasteiger partial charge in [-0.2, -0.15) is 0 Å². The van der Waals surface area contributed by atoms with Crippen LogP contribution in [0.15, 0.2) is 42.5 Å². The Bertz CT molecular complexity index is 697. The van der Waals surface area contributed by atoms with Crippen LogP contribution in [0.1, 0.15) is 30.9 Å². The third-order valence-corrected chi connectivity index (χ3v) is 4.83. The minimum Gasteiger partial charge on any atom is -0.481 e. The summed E-state index contributed by atoms with van der Waals surface area (Å²) in [5.41, 5.74) is 3.56. The highest BCUT2D eigenvalue weighted by Crippen LogP contribution is 2.26. The summed E-state index contributed by atoms with van der Waals surface area (Å²) in [7, 11) is 0. The maximum atomic E-state index is 12.3. The van der Waals surface area contributed by atoms with E-state index in [4.69, 9.17) is 4.74 Å². The van der Waals surface area contributed by atoms with Crippen LogP contribution < -0.4 is 10.1 Å². The van der Waals surface area contributed by atoms with Crippen LogP contribution >= 0.6 is 22.6 Å². The lowest BCUT2D eigenvalue weighted by Gasteiger charge is -2.19. The molecule has 0 fully saturated rings. The number of carbonyl (C=O) groups is 1. The SMILES string of the molecule is C[C@H](Oc1ccc2c(c1)CCCC2)C(=O)Nc1ccc(I)cc1. The molecule has 1 N–H and O–H groups in total. The van der Waals surface area contributed by atoms with Crippen LogP contribution in [0.25, 0.3) is 0 Å². The van der Waals surface area contributed by atoms with Gasteiger partial charge in [0.15, 0.2) is 6.10 Å². The van der Waals surface area contributed by atoms with Crippen molar-refractivity contribution in [3.63, 3.8) is 0 Å². The number of benzene rings is 2. The molecule has 1 aliphatic carbocycles. The second-order valence-electron chi connectivity index (χ2n) is 5.89. The summed E-state index contributed by atoms with van der Waals surface area (Å²) in [6.45, 7) is 1.78. The van der Waals surface area contributed by atoms with E-state index in [0.717, 1.165) is 27.8 Å². The molecule has 1 amide bonds. The monoisotopic (exact) mass is 421 g/mol. The van der Waals surface area contributed by atoms with Gasteiger partial charge in [-0.3, -0.25) is 4.79 Å². The Labute approximate surface area is 150 Å². The van der Waals surface area contributed by atoms with Gasteiger partial charge in [0, 0.05) is 9.26 Å². The molecule has 0 bridgehead atoms. The van der Waals surface area contributed by atoms with Gasteiger partial charge in [-0.1, -0.05) is 6.07 Å². The first-order valence-corrected chi connectivity index (χ1v) is 9.04. The number of aryl methyl sites for hydroxylation is 2. The fourth-order valence-electron chi connectivity index (χ4n) is 2.82. The van der Waals surface area contributed by atoms with E-state index in [0.29, 0.717) is 0 Å². The van der Waals surface area contributed by atoms with Gasteiger partial charge in [0.2, 0.25) is 0 Å². The lowest BCUT2D eigenvalue weighted by Crippen LogP contribution is -2.30. The van der Waals surface area contributed by atoms with Gasteiger partial charge in [-0.15, -0.1) is 0 Å². The molecule has 120 valence electrons. The van der Waals surface area contributed by atoms with E-state index in [1.54, 1.807) is 6.92 Å². The molecule has 1 atom stereocenters. The molecule has 0 spiro atoms. The molecule has 0 aliphatic heterocycles. The van der Waals surface area contributed by atoms with E-state index >= 15 is 0 Å². The van der Waals surface area contributed by atoms with E-state index in [1.165, 1.54) is 24.0 Å². The van der Waals surface area contributed by atoms with E-state index in [2.05, 4.69) is 40.0 Å². The number of amides is 1. The van der Waals surface area contributed by atoms with Crippen molar-refractivity contribution in [1.82, 2.24) is 0 Å². The van der Waals surface area contributed by atoms with E-state index in [1.807, 2.05) is 30.3 Å². The van der Waals surface area contributed by atoms with Crippen molar-refractivity contribution < 1.29 is 9.53 Å². The van der Waals surface area contributed by atoms with Crippen LogP contribution in [0.2, 0.25) is 0 Å². The first-order chi connectivity index (χ1) is 11.1. The Morgan fingerprint density at radius 1 is 1.09 bits per heavy atom. The van der Waals surface area contributed by atoms with Crippen LogP contribution in [0.5, 0.6) is 5.75 Å². The summed E-state index contributed by atoms with van der Waals surface area (Å²) in [6, 6.07) is 13.9. The highest BCUT2D eigenvalue weighted by Gasteiger charge is 2.16. The lowest BCUT2D eigenvalue weighted by molar-refractivity contribution is -0.122. The van der Waals surface area contributed by atoms with Gasteiger partial charge in [0.05, 0.1) is 0 Å². The standard InChI is InChI=1S/C19H20INO2/c1-13(19(22)21-17-9-7-16(20)8-10-17)23-18-11-6-14-4-2-3-5-15(14)12-18/h6-13H,2-5H2,1H3,(H,21,22)/t13-/m0/s1. The summed E-state index contributed by atoms with van der Waals surface area (Å²) >= 11 is 2.24. The predicted molar refractivity (Wildman–Crippen MR) is 101 cm³/mol. The molecule has 0 saturated heterocycles. The van der Waals surface area contributed by atoms with E-state index < -0.39 is 6.10 Å². The van der Waals surface area contributed by atoms with Crippen molar-refractivity contribution in [3.8, 4) is 5.75 Å². The highest BCUT2D eigenvalue weighted by atomic mass is 127. The maximum absolute atomic E-state index is 12.3. The molecule has 0 aromatic heterocycles. The summed E-state index contributed by atoms with van der Waals surface area (Å²) in [4.78, 5) is 12.3. The molecular formula is C19H20INO2. The van der Waals surface area contributed by atoms with Crippen molar-refractivity contribution in [1.29, 1.82) is 0 Å². The molecule has 3 nitrogen and oxygen atoms in total. The summed E-state index contributed by atoms with van der Waals surface area (Å²) < 4.78 is 6.96. The molecule has 2 aromatic carbocycles. The molecular weight excluding hydrogens is 401 g/mol. The van der Waals surface area contributed by atoms with Gasteiger partial charge in [0.25, 0.3) is 5.91 Å². The topological polar surface area (TPSA) is 38.3 Å². The first-order valence-electron chi connectivity index (χ1n) is 7.97. The Morgan fingerprint density at radius 2 is 1.78 bits per heavy atom. The number of anilines is 1. The summed E-state index contributed by atoms with van der Waals surface area (Å²) in [5.74, 6) is 0.639. The average Bonchev–Trinajstić information content (AvgIpc) is 2.56. The quantitative estimate of drug-likeness (QED) is 0.735. The number of hydrogen-bond acceptors (Lipinski definition) is 2. The zero-order chi connectivity index (χ0) is 16.2. The fourth-order valence-corrected chi connectivity index (χ4v) is 3.18.